The molecule has 10 nitrogen and oxygen atoms in total. The summed E-state index contributed by atoms with van der Waals surface area (Å²) in [5, 5.41) is 9.57. The summed E-state index contributed by atoms with van der Waals surface area (Å²) in [5.41, 5.74) is 0.454. The Morgan fingerprint density at radius 1 is 1.12 bits per heavy atom. The van der Waals surface area contributed by atoms with Crippen molar-refractivity contribution in [3.8, 4) is 0 Å². The van der Waals surface area contributed by atoms with Crippen LogP contribution in [0.4, 0.5) is 4.79 Å². The second kappa shape index (κ2) is 10.9. The first kappa shape index (κ1) is 23.5. The fourth-order valence-corrected chi connectivity index (χ4v) is 3.77. The van der Waals surface area contributed by atoms with Crippen LogP contribution in [0.3, 0.4) is 0 Å². The van der Waals surface area contributed by atoms with Gasteiger partial charge < -0.3 is 15.0 Å². The molecule has 3 aromatic heterocycles. The van der Waals surface area contributed by atoms with Crippen LogP contribution in [0, 0.1) is 0 Å². The number of halogens is 1. The number of nitrogens with one attached hydrogen (secondary N) is 1. The molecule has 0 aromatic carbocycles. The molecule has 3 rings (SSSR count). The highest BCUT2D eigenvalue weighted by Gasteiger charge is 2.18. The lowest BCUT2D eigenvalue weighted by Crippen LogP contribution is -2.41. The van der Waals surface area contributed by atoms with Gasteiger partial charge in [-0.2, -0.15) is 4.98 Å². The molecule has 172 valence electrons. The molecule has 2 N–H and O–H groups in total. The Balaban J connectivity index is 1.75. The molecule has 32 heavy (non-hydrogen) atoms. The van der Waals surface area contributed by atoms with Gasteiger partial charge in [-0.1, -0.05) is 19.8 Å². The predicted octanol–water partition coefficient (Wildman–Crippen LogP) is 2.74. The molecular formula is C21H27ClN6O4. The number of carbonyl (C=O) groups is 1. The molecule has 0 aliphatic rings. The maximum Gasteiger partial charge on any atom is 0.407 e. The van der Waals surface area contributed by atoms with E-state index in [-0.39, 0.29) is 29.5 Å². The summed E-state index contributed by atoms with van der Waals surface area (Å²) >= 11 is 5.95. The quantitative estimate of drug-likeness (QED) is 0.333. The number of amides is 1. The number of H-pyrrole nitrogens is 1. The summed E-state index contributed by atoms with van der Waals surface area (Å²) in [7, 11) is 0. The van der Waals surface area contributed by atoms with Gasteiger partial charge in [0, 0.05) is 38.6 Å². The highest BCUT2D eigenvalue weighted by Crippen LogP contribution is 2.11. The van der Waals surface area contributed by atoms with E-state index in [1.165, 1.54) is 9.47 Å². The highest BCUT2D eigenvalue weighted by molar-refractivity contribution is 6.28. The molecule has 0 aliphatic carbocycles. The third-order valence-electron chi connectivity index (χ3n) is 5.32. The zero-order chi connectivity index (χ0) is 23.1. The van der Waals surface area contributed by atoms with E-state index < -0.39 is 17.3 Å². The van der Waals surface area contributed by atoms with Gasteiger partial charge in [-0.25, -0.2) is 9.59 Å². The van der Waals surface area contributed by atoms with Crippen molar-refractivity contribution >= 4 is 28.9 Å². The Morgan fingerprint density at radius 3 is 2.53 bits per heavy atom. The number of hydrogen-bond donors (Lipinski definition) is 2. The maximum atomic E-state index is 13.0. The third kappa shape index (κ3) is 5.56. The molecule has 0 bridgehead atoms. The molecule has 0 atom stereocenters. The van der Waals surface area contributed by atoms with Crippen LogP contribution in [-0.2, 0) is 19.5 Å². The van der Waals surface area contributed by atoms with Crippen molar-refractivity contribution in [1.82, 2.24) is 29.0 Å². The number of imidazole rings is 1. The van der Waals surface area contributed by atoms with Crippen LogP contribution in [0.5, 0.6) is 0 Å². The van der Waals surface area contributed by atoms with Crippen molar-refractivity contribution < 1.29 is 9.90 Å². The number of rotatable bonds is 11. The molecule has 0 aliphatic heterocycles. The molecule has 0 fully saturated rings. The van der Waals surface area contributed by atoms with Gasteiger partial charge in [-0.3, -0.25) is 18.9 Å². The smallest absolute Gasteiger partial charge is 0.407 e. The number of hydrogen-bond acceptors (Lipinski definition) is 5. The number of aromatic amines is 1. The van der Waals surface area contributed by atoms with Crippen molar-refractivity contribution in [2.75, 3.05) is 13.1 Å². The van der Waals surface area contributed by atoms with Crippen molar-refractivity contribution in [3.05, 3.63) is 56.2 Å². The largest absolute Gasteiger partial charge is 0.465 e. The molecule has 0 saturated heterocycles. The van der Waals surface area contributed by atoms with Gasteiger partial charge >= 0.3 is 11.8 Å². The Kier molecular flexibility index (Phi) is 8.04. The van der Waals surface area contributed by atoms with Crippen LogP contribution in [0.2, 0.25) is 5.28 Å². The zero-order valence-corrected chi connectivity index (χ0v) is 18.7. The first-order chi connectivity index (χ1) is 15.4. The molecule has 0 radical (unpaired) electrons. The van der Waals surface area contributed by atoms with E-state index in [9.17, 15) is 19.5 Å². The Morgan fingerprint density at radius 2 is 1.84 bits per heavy atom. The molecule has 3 heterocycles. The van der Waals surface area contributed by atoms with Crippen LogP contribution >= 0.6 is 11.6 Å². The second-order valence-corrected chi connectivity index (χ2v) is 7.91. The fraction of sp³-hybridized carbons (Fsp3) is 0.476. The van der Waals surface area contributed by atoms with Crippen molar-refractivity contribution in [2.45, 2.75) is 52.1 Å². The van der Waals surface area contributed by atoms with Crippen molar-refractivity contribution in [1.29, 1.82) is 0 Å². The van der Waals surface area contributed by atoms with E-state index in [0.29, 0.717) is 25.9 Å². The lowest BCUT2D eigenvalue weighted by atomic mass is 10.2. The Bertz CT molecular complexity index is 1170. The van der Waals surface area contributed by atoms with E-state index in [0.717, 1.165) is 29.4 Å². The number of fused-ring (bicyclic) bond motifs is 1. The molecular weight excluding hydrogens is 436 g/mol. The lowest BCUT2D eigenvalue weighted by Gasteiger charge is -2.19. The van der Waals surface area contributed by atoms with E-state index in [4.69, 9.17) is 11.6 Å². The highest BCUT2D eigenvalue weighted by atomic mass is 35.5. The maximum absolute atomic E-state index is 13.0. The summed E-state index contributed by atoms with van der Waals surface area (Å²) in [4.78, 5) is 49.6. The number of pyridine rings is 1. The molecule has 3 aromatic rings. The van der Waals surface area contributed by atoms with Gasteiger partial charge in [-0.05, 0) is 48.6 Å². The molecule has 0 spiro atoms. The zero-order valence-electron chi connectivity index (χ0n) is 18.0. The molecule has 0 saturated carbocycles. The van der Waals surface area contributed by atoms with E-state index in [1.54, 1.807) is 12.4 Å². The number of unbranched alkanes of at least 4 members (excludes halogenated alkanes) is 2. The van der Waals surface area contributed by atoms with E-state index in [1.807, 2.05) is 12.1 Å². The summed E-state index contributed by atoms with van der Waals surface area (Å²) in [6.45, 7) is 3.09. The average Bonchev–Trinajstić information content (AvgIpc) is 3.17. The standard InChI is InChI=1S/C21H27ClN6O4/c1-2-3-4-12-27-17-16(24-19(22)25-17)18(29)28(20(27)30)13-5-11-26(21(31)32)14-8-15-6-9-23-10-7-15/h6-7,9-10H,2-5,8,11-14H2,1H3,(H,24,25)(H,31,32). The van der Waals surface area contributed by atoms with Gasteiger partial charge in [0.2, 0.25) is 5.28 Å². The van der Waals surface area contributed by atoms with Gasteiger partial charge in [0.15, 0.2) is 11.2 Å². The Hall–Kier alpha value is -3.14. The minimum atomic E-state index is -1.04. The van der Waals surface area contributed by atoms with Crippen LogP contribution in [0.1, 0.15) is 38.2 Å². The average molecular weight is 463 g/mol. The first-order valence-electron chi connectivity index (χ1n) is 10.7. The van der Waals surface area contributed by atoms with Crippen molar-refractivity contribution in [3.63, 3.8) is 0 Å². The summed E-state index contributed by atoms with van der Waals surface area (Å²) in [6, 6.07) is 3.68. The van der Waals surface area contributed by atoms with Crippen LogP contribution < -0.4 is 11.2 Å². The third-order valence-corrected chi connectivity index (χ3v) is 5.50. The molecule has 11 heteroatoms. The van der Waals surface area contributed by atoms with Gasteiger partial charge in [0.05, 0.1) is 0 Å². The Labute approximate surface area is 189 Å². The van der Waals surface area contributed by atoms with Crippen LogP contribution in [-0.4, -0.2) is 53.3 Å². The van der Waals surface area contributed by atoms with E-state index in [2.05, 4.69) is 21.9 Å². The topological polar surface area (TPSA) is 126 Å². The molecule has 1 amide bonds. The monoisotopic (exact) mass is 462 g/mol. The number of aromatic nitrogens is 5. The van der Waals surface area contributed by atoms with Crippen LogP contribution in [0.15, 0.2) is 34.1 Å². The summed E-state index contributed by atoms with van der Waals surface area (Å²) in [5.74, 6) is 0. The van der Waals surface area contributed by atoms with E-state index >= 15 is 0 Å². The lowest BCUT2D eigenvalue weighted by molar-refractivity contribution is 0.144. The van der Waals surface area contributed by atoms with Gasteiger partial charge in [0.1, 0.15) is 0 Å². The number of carboxylic acid groups (broad SMARTS) is 1. The summed E-state index contributed by atoms with van der Waals surface area (Å²) < 4.78 is 2.60. The first-order valence-corrected chi connectivity index (χ1v) is 11.1. The fourth-order valence-electron chi connectivity index (χ4n) is 3.59. The minimum Gasteiger partial charge on any atom is -0.465 e. The predicted molar refractivity (Wildman–Crippen MR) is 121 cm³/mol. The van der Waals surface area contributed by atoms with Crippen molar-refractivity contribution in [2.24, 2.45) is 0 Å². The molecule has 0 unspecified atom stereocenters. The van der Waals surface area contributed by atoms with Gasteiger partial charge in [0.25, 0.3) is 5.56 Å². The van der Waals surface area contributed by atoms with Crippen LogP contribution in [0.25, 0.3) is 11.2 Å². The summed E-state index contributed by atoms with van der Waals surface area (Å²) in [6.07, 6.45) is 5.86. The normalized spacial score (nSPS) is 11.2. The SMILES string of the molecule is CCCCCn1c(=O)n(CCCN(CCc2ccncc2)C(=O)O)c(=O)c2[nH]c(Cl)nc21. The minimum absolute atomic E-state index is 0.0478. The second-order valence-electron chi connectivity index (χ2n) is 7.55. The number of nitrogens with zero attached hydrogens (tertiary/aromatic N) is 5. The van der Waals surface area contributed by atoms with Gasteiger partial charge in [-0.15, -0.1) is 0 Å². The number of aryl methyl sites for hydroxylation is 1.